The summed E-state index contributed by atoms with van der Waals surface area (Å²) in [6.45, 7) is 2.06. The third kappa shape index (κ3) is 4.53. The number of ether oxygens (including phenoxy) is 2. The minimum Gasteiger partial charge on any atom is -0.496 e. The van der Waals surface area contributed by atoms with Crippen LogP contribution in [0.1, 0.15) is 26.8 Å². The van der Waals surface area contributed by atoms with Crippen molar-refractivity contribution in [3.05, 3.63) is 75.9 Å². The first kappa shape index (κ1) is 18.2. The van der Waals surface area contributed by atoms with Gasteiger partial charge in [-0.05, 0) is 29.6 Å². The van der Waals surface area contributed by atoms with Gasteiger partial charge in [-0.25, -0.2) is 4.79 Å². The smallest absolute Gasteiger partial charge is 0.373 e. The molecule has 0 unspecified atom stereocenters. The van der Waals surface area contributed by atoms with Gasteiger partial charge in [-0.2, -0.15) is 0 Å². The highest BCUT2D eigenvalue weighted by atomic mass is 32.1. The highest BCUT2D eigenvalue weighted by Gasteiger charge is 2.16. The van der Waals surface area contributed by atoms with E-state index in [0.29, 0.717) is 13.1 Å². The minimum atomic E-state index is -0.467. The van der Waals surface area contributed by atoms with Crippen molar-refractivity contribution in [1.29, 1.82) is 0 Å². The Hall–Kier alpha value is -2.57. The molecular weight excluding hydrogens is 350 g/mol. The molecule has 2 heterocycles. The quantitative estimate of drug-likeness (QED) is 0.552. The van der Waals surface area contributed by atoms with Crippen molar-refractivity contribution in [3.63, 3.8) is 0 Å². The lowest BCUT2D eigenvalue weighted by Gasteiger charge is -2.22. The summed E-state index contributed by atoms with van der Waals surface area (Å²) >= 11 is 1.72. The van der Waals surface area contributed by atoms with Gasteiger partial charge in [0.15, 0.2) is 0 Å². The first-order chi connectivity index (χ1) is 12.7. The number of hydrogen-bond acceptors (Lipinski definition) is 6. The van der Waals surface area contributed by atoms with E-state index in [1.807, 2.05) is 30.3 Å². The lowest BCUT2D eigenvalue weighted by molar-refractivity contribution is 0.0560. The maximum absolute atomic E-state index is 11.6. The van der Waals surface area contributed by atoms with Gasteiger partial charge in [0, 0.05) is 23.5 Å². The van der Waals surface area contributed by atoms with Gasteiger partial charge >= 0.3 is 5.97 Å². The van der Waals surface area contributed by atoms with Gasteiger partial charge in [-0.1, -0.05) is 24.3 Å². The second-order valence-electron chi connectivity index (χ2n) is 5.79. The molecule has 0 fully saturated rings. The number of carbonyl (C=O) groups excluding carboxylic acids is 1. The van der Waals surface area contributed by atoms with Crippen LogP contribution in [-0.2, 0) is 24.4 Å². The van der Waals surface area contributed by atoms with E-state index < -0.39 is 5.97 Å². The third-order valence-corrected chi connectivity index (χ3v) is 4.83. The highest BCUT2D eigenvalue weighted by molar-refractivity contribution is 7.09. The Bertz CT molecular complexity index is 841. The van der Waals surface area contributed by atoms with Crippen molar-refractivity contribution < 1.29 is 18.7 Å². The summed E-state index contributed by atoms with van der Waals surface area (Å²) in [5.74, 6) is 1.33. The zero-order valence-electron chi connectivity index (χ0n) is 14.8. The highest BCUT2D eigenvalue weighted by Crippen LogP contribution is 2.23. The molecule has 1 aromatic carbocycles. The van der Waals surface area contributed by atoms with E-state index in [9.17, 15) is 4.79 Å². The molecule has 3 rings (SSSR count). The summed E-state index contributed by atoms with van der Waals surface area (Å²) in [5.41, 5.74) is 1.10. The molecule has 2 aromatic heterocycles. The number of nitrogens with zero attached hydrogens (tertiary/aromatic N) is 1. The molecule has 0 saturated carbocycles. The van der Waals surface area contributed by atoms with E-state index in [0.717, 1.165) is 23.6 Å². The van der Waals surface area contributed by atoms with E-state index in [-0.39, 0.29) is 5.76 Å². The van der Waals surface area contributed by atoms with Gasteiger partial charge in [0.1, 0.15) is 11.5 Å². The summed E-state index contributed by atoms with van der Waals surface area (Å²) < 4.78 is 15.8. The van der Waals surface area contributed by atoms with E-state index in [4.69, 9.17) is 13.9 Å². The molecule has 26 heavy (non-hydrogen) atoms. The Balaban J connectivity index is 1.79. The van der Waals surface area contributed by atoms with E-state index in [1.54, 1.807) is 24.5 Å². The predicted octanol–water partition coefficient (Wildman–Crippen LogP) is 4.34. The van der Waals surface area contributed by atoms with Gasteiger partial charge in [0.2, 0.25) is 5.76 Å². The maximum Gasteiger partial charge on any atom is 0.373 e. The molecule has 0 N–H and O–H groups in total. The van der Waals surface area contributed by atoms with Crippen LogP contribution in [0.4, 0.5) is 0 Å². The lowest BCUT2D eigenvalue weighted by atomic mass is 10.2. The number of thiophene rings is 1. The fraction of sp³-hybridized carbons (Fsp3) is 0.250. The molecule has 0 aliphatic rings. The van der Waals surface area contributed by atoms with Gasteiger partial charge in [-0.15, -0.1) is 11.3 Å². The zero-order chi connectivity index (χ0) is 18.4. The van der Waals surface area contributed by atoms with Crippen LogP contribution in [0.2, 0.25) is 0 Å². The normalized spacial score (nSPS) is 10.9. The molecule has 0 aliphatic carbocycles. The number of benzene rings is 1. The molecule has 3 aromatic rings. The molecule has 136 valence electrons. The van der Waals surface area contributed by atoms with Crippen molar-refractivity contribution in [2.24, 2.45) is 0 Å². The summed E-state index contributed by atoms with van der Waals surface area (Å²) in [6, 6.07) is 15.6. The lowest BCUT2D eigenvalue weighted by Crippen LogP contribution is -2.22. The van der Waals surface area contributed by atoms with Crippen molar-refractivity contribution in [1.82, 2.24) is 4.90 Å². The third-order valence-electron chi connectivity index (χ3n) is 3.97. The number of rotatable bonds is 8. The number of hydrogen-bond donors (Lipinski definition) is 0. The molecule has 6 heteroatoms. The molecule has 0 radical (unpaired) electrons. The molecule has 5 nitrogen and oxygen atoms in total. The Morgan fingerprint density at radius 2 is 1.88 bits per heavy atom. The average molecular weight is 371 g/mol. The van der Waals surface area contributed by atoms with Crippen LogP contribution in [-0.4, -0.2) is 25.1 Å². The molecule has 0 atom stereocenters. The van der Waals surface area contributed by atoms with Crippen molar-refractivity contribution in [2.75, 3.05) is 14.2 Å². The molecule has 0 bridgehead atoms. The van der Waals surface area contributed by atoms with Crippen LogP contribution in [0.5, 0.6) is 5.75 Å². The second-order valence-corrected chi connectivity index (χ2v) is 6.83. The van der Waals surface area contributed by atoms with Crippen LogP contribution in [0.15, 0.2) is 58.3 Å². The van der Waals surface area contributed by atoms with Crippen LogP contribution < -0.4 is 4.74 Å². The summed E-state index contributed by atoms with van der Waals surface area (Å²) in [6.07, 6.45) is 0. The Kier molecular flexibility index (Phi) is 6.09. The van der Waals surface area contributed by atoms with E-state index in [1.165, 1.54) is 12.0 Å². The fourth-order valence-electron chi connectivity index (χ4n) is 2.76. The molecule has 0 spiro atoms. The van der Waals surface area contributed by atoms with Crippen LogP contribution in [0.25, 0.3) is 0 Å². The van der Waals surface area contributed by atoms with E-state index in [2.05, 4.69) is 22.4 Å². The Morgan fingerprint density at radius 1 is 1.04 bits per heavy atom. The first-order valence-electron chi connectivity index (χ1n) is 8.23. The Labute approximate surface area is 156 Å². The summed E-state index contributed by atoms with van der Waals surface area (Å²) in [7, 11) is 3.02. The van der Waals surface area contributed by atoms with Gasteiger partial charge < -0.3 is 13.9 Å². The van der Waals surface area contributed by atoms with Gasteiger partial charge in [0.25, 0.3) is 0 Å². The van der Waals surface area contributed by atoms with Crippen molar-refractivity contribution in [3.8, 4) is 5.75 Å². The van der Waals surface area contributed by atoms with Crippen LogP contribution in [0.3, 0.4) is 0 Å². The zero-order valence-corrected chi connectivity index (χ0v) is 15.6. The largest absolute Gasteiger partial charge is 0.496 e. The molecular formula is C20H21NO4S. The number of para-hydroxylation sites is 1. The SMILES string of the molecule is COC(=O)c1ccc(CN(Cc2cccs2)Cc2ccccc2OC)o1. The van der Waals surface area contributed by atoms with Crippen LogP contribution in [0, 0.1) is 0 Å². The number of furan rings is 1. The van der Waals surface area contributed by atoms with Crippen LogP contribution >= 0.6 is 11.3 Å². The Morgan fingerprint density at radius 3 is 2.62 bits per heavy atom. The standard InChI is InChI=1S/C20H21NO4S/c1-23-18-8-4-3-6-15(18)12-21(14-17-7-5-11-26-17)13-16-9-10-19(25-16)20(22)24-2/h3-11H,12-14H2,1-2H3. The fourth-order valence-corrected chi connectivity index (χ4v) is 3.50. The van der Waals surface area contributed by atoms with E-state index >= 15 is 0 Å². The van der Waals surface area contributed by atoms with Gasteiger partial charge in [0.05, 0.1) is 20.8 Å². The number of esters is 1. The monoisotopic (exact) mass is 371 g/mol. The minimum absolute atomic E-state index is 0.218. The van der Waals surface area contributed by atoms with Crippen molar-refractivity contribution in [2.45, 2.75) is 19.6 Å². The average Bonchev–Trinajstić information content (AvgIpc) is 3.33. The summed E-state index contributed by atoms with van der Waals surface area (Å²) in [5, 5.41) is 2.07. The second kappa shape index (κ2) is 8.69. The molecule has 0 saturated heterocycles. The molecule has 0 aliphatic heterocycles. The van der Waals surface area contributed by atoms with Gasteiger partial charge in [-0.3, -0.25) is 4.90 Å². The molecule has 0 amide bonds. The first-order valence-corrected chi connectivity index (χ1v) is 9.11. The number of carbonyl (C=O) groups is 1. The van der Waals surface area contributed by atoms with Crippen molar-refractivity contribution >= 4 is 17.3 Å². The number of methoxy groups -OCH3 is 2. The maximum atomic E-state index is 11.6. The summed E-state index contributed by atoms with van der Waals surface area (Å²) in [4.78, 5) is 15.1. The predicted molar refractivity (Wildman–Crippen MR) is 100 cm³/mol. The topological polar surface area (TPSA) is 51.9 Å².